The molecule has 17 heavy (non-hydrogen) atoms. The maximum absolute atomic E-state index is 9.51. The van der Waals surface area contributed by atoms with Gasteiger partial charge in [-0.25, -0.2) is 6.61 Å². The van der Waals surface area contributed by atoms with Crippen molar-refractivity contribution >= 4 is 5.78 Å². The van der Waals surface area contributed by atoms with Crippen molar-refractivity contribution in [1.29, 1.82) is 0 Å². The summed E-state index contributed by atoms with van der Waals surface area (Å²) in [5, 5.41) is 7.67. The van der Waals surface area contributed by atoms with Gasteiger partial charge < -0.3 is 24.8 Å². The molecule has 0 aliphatic rings. The minimum absolute atomic E-state index is 0. The predicted molar refractivity (Wildman–Crippen MR) is 29.7 cm³/mol. The van der Waals surface area contributed by atoms with E-state index in [2.05, 4.69) is 0 Å². The molecule has 0 rings (SSSR count). The minimum atomic E-state index is -0.315. The molecule has 12 heteroatoms. The van der Waals surface area contributed by atoms with Crippen LogP contribution in [0.1, 0.15) is 6.92 Å². The fourth-order valence-electron chi connectivity index (χ4n) is 0. The van der Waals surface area contributed by atoms with Crippen molar-refractivity contribution in [2.24, 2.45) is 0 Å². The van der Waals surface area contributed by atoms with Crippen molar-refractivity contribution in [1.82, 2.24) is 0 Å². The molecule has 0 aromatic carbocycles. The van der Waals surface area contributed by atoms with Crippen LogP contribution >= 0.6 is 0 Å². The van der Waals surface area contributed by atoms with Crippen LogP contribution < -0.4 is 0 Å². The number of hydrogen-bond acceptors (Lipinski definition) is 2. The van der Waals surface area contributed by atoms with Gasteiger partial charge in [-0.3, -0.25) is 0 Å². The zero-order chi connectivity index (χ0) is 4.28. The van der Waals surface area contributed by atoms with E-state index in [4.69, 9.17) is 5.11 Å². The summed E-state index contributed by atoms with van der Waals surface area (Å²) in [5.74, 6) is -0.315. The number of carbonyl (C=O) groups is 1. The number of ketones is 1. The van der Waals surface area contributed by atoms with Crippen molar-refractivity contribution in [3.63, 3.8) is 0 Å². The van der Waals surface area contributed by atoms with Crippen molar-refractivity contribution in [3.8, 4) is 0 Å². The molecule has 2 nitrogen and oxygen atoms in total. The second kappa shape index (κ2) is 81.9. The second-order valence-electron chi connectivity index (χ2n) is 0.740. The Morgan fingerprint density at radius 2 is 0.765 bits per heavy atom. The molecule has 0 unspecified atom stereocenters. The van der Waals surface area contributed by atoms with Gasteiger partial charge in [0.05, 0.1) is 0 Å². The van der Waals surface area contributed by atoms with Gasteiger partial charge in [0.1, 0.15) is 0 Å². The number of aliphatic hydroxyl groups excluding tert-OH is 1. The van der Waals surface area contributed by atoms with Gasteiger partial charge in [-0.05, 0) is 6.92 Å². The molecule has 0 aromatic heterocycles. The van der Waals surface area contributed by atoms with Gasteiger partial charge in [-0.15, -0.1) is 0 Å². The van der Waals surface area contributed by atoms with Crippen LogP contribution in [-0.2, 0) is 332 Å². The van der Waals surface area contributed by atoms with E-state index >= 15 is 0 Å². The van der Waals surface area contributed by atoms with Crippen molar-refractivity contribution < 1.29 is 337 Å². The van der Waals surface area contributed by atoms with Crippen LogP contribution in [0.3, 0.4) is 0 Å². The van der Waals surface area contributed by atoms with E-state index in [9.17, 15) is 4.79 Å². The van der Waals surface area contributed by atoms with Gasteiger partial charge in [0.15, 0.2) is 0 Å². The maximum atomic E-state index is 9.51. The largest absolute Gasteiger partial charge is 0.540 e. The average Bonchev–Trinajstić information content (AvgIpc) is 1.38. The molecular weight excluding hydrogens is 981 g/mol. The molecule has 0 fully saturated rings. The Morgan fingerprint density at radius 1 is 0.706 bits per heavy atom. The Kier molecular flexibility index (Phi) is 442. The molecule has 10 radical (unpaired) electrons. The molecule has 0 amide bonds. The summed E-state index contributed by atoms with van der Waals surface area (Å²) in [5.41, 5.74) is 0. The summed E-state index contributed by atoms with van der Waals surface area (Å²) < 4.78 is 0. The third-order valence-electron chi connectivity index (χ3n) is 0.182. The quantitative estimate of drug-likeness (QED) is 0.399. The third kappa shape index (κ3) is 102. The van der Waals surface area contributed by atoms with Gasteiger partial charge in [0, 0.05) is 333 Å². The SMILES string of the molecule is CC(=O)[CH-]O.[CH3-].[CH3-].[Y].[Y].[Y].[Y].[Y].[Y].[Y].[Y].[Y].[Y]. The van der Waals surface area contributed by atoms with Gasteiger partial charge in [-0.2, -0.15) is 0 Å². The summed E-state index contributed by atoms with van der Waals surface area (Å²) in [6.07, 6.45) is 0. The van der Waals surface area contributed by atoms with Crippen molar-refractivity contribution in [2.75, 3.05) is 0 Å². The molecule has 76 valence electrons. The molecule has 0 heterocycles. The monoisotopic (exact) mass is 992 g/mol. The Balaban J connectivity index is -0.00000000121. The molecule has 0 atom stereocenters. The summed E-state index contributed by atoms with van der Waals surface area (Å²) in [6.45, 7) is 1.81. The average molecular weight is 992 g/mol. The molecule has 0 saturated heterocycles. The van der Waals surface area contributed by atoms with E-state index in [-0.39, 0.29) is 348 Å². The van der Waals surface area contributed by atoms with Crippen LogP contribution in [-0.4, -0.2) is 10.9 Å². The van der Waals surface area contributed by atoms with Crippen LogP contribution in [0.2, 0.25) is 0 Å². The van der Waals surface area contributed by atoms with Gasteiger partial charge in [0.2, 0.25) is 0 Å². The standard InChI is InChI=1S/C3H5O2.2CH3.10Y/c1-3(5)2-4;;;;;;;;;;;;/h2,4H,1H3;2*1H3;;;;;;;;;;/q3*-1;;;;;;;;;;. The van der Waals surface area contributed by atoms with Gasteiger partial charge in [-0.1, -0.05) is 0 Å². The van der Waals surface area contributed by atoms with Crippen LogP contribution in [0.15, 0.2) is 0 Å². The van der Waals surface area contributed by atoms with Crippen LogP contribution in [0.4, 0.5) is 0 Å². The molecule has 0 aliphatic heterocycles. The smallest absolute Gasteiger partial charge is 0.0190 e. The van der Waals surface area contributed by atoms with Crippen molar-refractivity contribution in [2.45, 2.75) is 6.92 Å². The van der Waals surface area contributed by atoms with E-state index in [1.807, 2.05) is 0 Å². The fraction of sp³-hybridized carbons (Fsp3) is 0.200. The van der Waals surface area contributed by atoms with Gasteiger partial charge in [0.25, 0.3) is 0 Å². The van der Waals surface area contributed by atoms with Crippen molar-refractivity contribution in [3.05, 3.63) is 21.5 Å². The molecule has 0 bridgehead atoms. The first-order valence-corrected chi connectivity index (χ1v) is 1.25. The molecule has 0 spiro atoms. The van der Waals surface area contributed by atoms with E-state index in [1.54, 1.807) is 0 Å². The maximum Gasteiger partial charge on any atom is 0.0190 e. The zero-order valence-corrected chi connectivity index (χ0v) is 39.1. The normalized spacial score (nSPS) is 2.00. The molecule has 0 aromatic rings. The Labute approximate surface area is 359 Å². The first-order valence-electron chi connectivity index (χ1n) is 1.25. The van der Waals surface area contributed by atoms with E-state index < -0.39 is 0 Å². The van der Waals surface area contributed by atoms with Crippen LogP contribution in [0.5, 0.6) is 0 Å². The summed E-state index contributed by atoms with van der Waals surface area (Å²) in [7, 11) is 0. The Morgan fingerprint density at radius 3 is 0.765 bits per heavy atom. The molecule has 0 saturated carbocycles. The van der Waals surface area contributed by atoms with Crippen LogP contribution in [0, 0.1) is 21.5 Å². The Bertz CT molecular complexity index is 58.0. The van der Waals surface area contributed by atoms with E-state index in [0.29, 0.717) is 6.61 Å². The molecular formula is C5H11O2Y10-3. The van der Waals surface area contributed by atoms with Gasteiger partial charge >= 0.3 is 0 Å². The molecule has 0 aliphatic carbocycles. The fourth-order valence-corrected chi connectivity index (χ4v) is 0. The van der Waals surface area contributed by atoms with E-state index in [1.165, 1.54) is 6.92 Å². The number of carbonyl (C=O) groups excluding carboxylic acids is 1. The topological polar surface area (TPSA) is 37.3 Å². The number of Topliss-reactive ketones (excluding diaryl/α,β-unsaturated/α-hetero) is 1. The number of hydrogen-bond donors (Lipinski definition) is 1. The summed E-state index contributed by atoms with van der Waals surface area (Å²) in [4.78, 5) is 9.51. The zero-order valence-electron chi connectivity index (χ0n) is 10.7. The molecule has 1 N–H and O–H groups in total. The first kappa shape index (κ1) is 91.8. The minimum Gasteiger partial charge on any atom is -0.540 e. The number of rotatable bonds is 1. The van der Waals surface area contributed by atoms with E-state index in [0.717, 1.165) is 0 Å². The summed E-state index contributed by atoms with van der Waals surface area (Å²) in [6, 6.07) is 0. The van der Waals surface area contributed by atoms with Crippen LogP contribution in [0.25, 0.3) is 0 Å². The number of aliphatic hydroxyl groups is 1. The first-order chi connectivity index (χ1) is 2.27. The predicted octanol–water partition coefficient (Wildman–Crippen LogP) is 0.985. The Hall–Kier alpha value is 10.5. The third-order valence-corrected chi connectivity index (χ3v) is 0.182. The second-order valence-corrected chi connectivity index (χ2v) is 0.740. The summed E-state index contributed by atoms with van der Waals surface area (Å²) >= 11 is 0.